The Balaban J connectivity index is 2.42. The quantitative estimate of drug-likeness (QED) is 0.803. The minimum absolute atomic E-state index is 0.0755. The molecule has 0 radical (unpaired) electrons. The van der Waals surface area contributed by atoms with Crippen molar-refractivity contribution in [2.75, 3.05) is 7.11 Å². The number of hydrogen-bond donors (Lipinski definition) is 0. The van der Waals surface area contributed by atoms with Crippen molar-refractivity contribution in [1.29, 1.82) is 0 Å². The average molecular weight is 305 g/mol. The number of ether oxygens (including phenoxy) is 1. The Morgan fingerprint density at radius 2 is 1.62 bits per heavy atom. The summed E-state index contributed by atoms with van der Waals surface area (Å²) < 4.78 is 33.3. The largest absolute Gasteiger partial charge is 0.497 e. The fourth-order valence-corrected chi connectivity index (χ4v) is 2.84. The number of ketones is 1. The van der Waals surface area contributed by atoms with E-state index < -0.39 is 10.0 Å². The van der Waals surface area contributed by atoms with Gasteiger partial charge < -0.3 is 4.74 Å². The minimum Gasteiger partial charge on any atom is -0.497 e. The molecule has 0 bridgehead atoms. The van der Waals surface area contributed by atoms with E-state index in [1.807, 2.05) is 0 Å². The highest BCUT2D eigenvalue weighted by Crippen LogP contribution is 2.20. The summed E-state index contributed by atoms with van der Waals surface area (Å²) in [6.07, 6.45) is 2.87. The van der Waals surface area contributed by atoms with E-state index in [9.17, 15) is 13.2 Å². The first kappa shape index (κ1) is 15.2. The van der Waals surface area contributed by atoms with E-state index in [2.05, 4.69) is 4.40 Å². The first-order valence-electron chi connectivity index (χ1n) is 6.24. The molecule has 5 nitrogen and oxygen atoms in total. The molecule has 0 amide bonds. The summed E-state index contributed by atoms with van der Waals surface area (Å²) in [6.45, 7) is 3.28. The molecule has 1 aromatic rings. The van der Waals surface area contributed by atoms with E-state index in [1.54, 1.807) is 26.0 Å². The zero-order chi connectivity index (χ0) is 15.6. The summed E-state index contributed by atoms with van der Waals surface area (Å²) in [7, 11) is -2.32. The van der Waals surface area contributed by atoms with Gasteiger partial charge in [0.05, 0.1) is 17.7 Å². The average Bonchev–Trinajstić information content (AvgIpc) is 2.44. The van der Waals surface area contributed by atoms with Gasteiger partial charge >= 0.3 is 0 Å². The summed E-state index contributed by atoms with van der Waals surface area (Å²) in [5.41, 5.74) is 1.27. The van der Waals surface area contributed by atoms with Crippen molar-refractivity contribution >= 4 is 21.5 Å². The van der Waals surface area contributed by atoms with Crippen LogP contribution < -0.4 is 4.74 Å². The number of carbonyl (C=O) groups excluding carboxylic acids is 1. The second-order valence-corrected chi connectivity index (χ2v) is 6.25. The molecule has 1 aromatic carbocycles. The minimum atomic E-state index is -3.82. The van der Waals surface area contributed by atoms with Crippen LogP contribution in [0, 0.1) is 0 Å². The third kappa shape index (κ3) is 3.28. The van der Waals surface area contributed by atoms with Gasteiger partial charge in [0.2, 0.25) is 0 Å². The highest BCUT2D eigenvalue weighted by Gasteiger charge is 2.18. The molecule has 0 fully saturated rings. The topological polar surface area (TPSA) is 72.8 Å². The van der Waals surface area contributed by atoms with Gasteiger partial charge in [0.25, 0.3) is 10.0 Å². The molecule has 0 unspecified atom stereocenters. The lowest BCUT2D eigenvalue weighted by atomic mass is 9.99. The summed E-state index contributed by atoms with van der Waals surface area (Å²) in [6, 6.07) is 5.98. The Kier molecular flexibility index (Phi) is 4.09. The number of nitrogens with zero attached hydrogens (tertiary/aromatic N) is 1. The van der Waals surface area contributed by atoms with Crippen LogP contribution in [0.4, 0.5) is 0 Å². The molecule has 0 atom stereocenters. The lowest BCUT2D eigenvalue weighted by molar-refractivity contribution is -0.111. The SMILES string of the molecule is COc1ccc(S(=O)(=O)N=C2C=C(C)C(=O)C=C2C)cc1. The van der Waals surface area contributed by atoms with Crippen LogP contribution in [0.1, 0.15) is 13.8 Å². The Hall–Kier alpha value is -2.21. The molecule has 110 valence electrons. The van der Waals surface area contributed by atoms with Gasteiger partial charge in [-0.25, -0.2) is 0 Å². The molecular weight excluding hydrogens is 290 g/mol. The number of benzene rings is 1. The number of methoxy groups -OCH3 is 1. The predicted molar refractivity (Wildman–Crippen MR) is 80.1 cm³/mol. The van der Waals surface area contributed by atoms with Crippen molar-refractivity contribution in [1.82, 2.24) is 0 Å². The molecule has 1 aliphatic carbocycles. The van der Waals surface area contributed by atoms with Crippen molar-refractivity contribution in [3.8, 4) is 5.75 Å². The maximum absolute atomic E-state index is 12.3. The van der Waals surface area contributed by atoms with Gasteiger partial charge in [0, 0.05) is 0 Å². The maximum atomic E-state index is 12.3. The van der Waals surface area contributed by atoms with Crippen molar-refractivity contribution in [3.05, 3.63) is 47.6 Å². The molecule has 1 aliphatic rings. The van der Waals surface area contributed by atoms with E-state index in [-0.39, 0.29) is 16.4 Å². The first-order chi connectivity index (χ1) is 9.83. The van der Waals surface area contributed by atoms with Crippen LogP contribution in [0.5, 0.6) is 5.75 Å². The molecule has 6 heteroatoms. The van der Waals surface area contributed by atoms with E-state index >= 15 is 0 Å². The fraction of sp³-hybridized carbons (Fsp3) is 0.200. The lowest BCUT2D eigenvalue weighted by Crippen LogP contribution is -2.12. The van der Waals surface area contributed by atoms with Crippen LogP contribution in [0.2, 0.25) is 0 Å². The molecule has 0 N–H and O–H groups in total. The smallest absolute Gasteiger partial charge is 0.282 e. The van der Waals surface area contributed by atoms with Crippen molar-refractivity contribution in [2.45, 2.75) is 18.7 Å². The predicted octanol–water partition coefficient (Wildman–Crippen LogP) is 2.30. The number of allylic oxidation sites excluding steroid dienone is 4. The molecule has 0 saturated heterocycles. The summed E-state index contributed by atoms with van der Waals surface area (Å²) in [5, 5.41) is 0. The first-order valence-corrected chi connectivity index (χ1v) is 7.68. The van der Waals surface area contributed by atoms with Crippen molar-refractivity contribution < 1.29 is 17.9 Å². The maximum Gasteiger partial charge on any atom is 0.282 e. The number of hydrogen-bond acceptors (Lipinski definition) is 4. The van der Waals surface area contributed by atoms with Gasteiger partial charge in [-0.05, 0) is 61.4 Å². The van der Waals surface area contributed by atoms with Crippen LogP contribution in [-0.4, -0.2) is 27.0 Å². The van der Waals surface area contributed by atoms with E-state index in [0.29, 0.717) is 16.9 Å². The zero-order valence-electron chi connectivity index (χ0n) is 12.0. The Labute approximate surface area is 123 Å². The van der Waals surface area contributed by atoms with E-state index in [4.69, 9.17) is 4.74 Å². The summed E-state index contributed by atoms with van der Waals surface area (Å²) in [5.74, 6) is 0.435. The van der Waals surface area contributed by atoms with Crippen LogP contribution in [0.3, 0.4) is 0 Å². The van der Waals surface area contributed by atoms with Gasteiger partial charge in [0.1, 0.15) is 5.75 Å². The van der Waals surface area contributed by atoms with Crippen LogP contribution in [0.15, 0.2) is 56.9 Å². The highest BCUT2D eigenvalue weighted by molar-refractivity contribution is 7.90. The molecule has 0 aliphatic heterocycles. The monoisotopic (exact) mass is 305 g/mol. The van der Waals surface area contributed by atoms with Gasteiger partial charge in [-0.3, -0.25) is 4.79 Å². The van der Waals surface area contributed by atoms with E-state index in [0.717, 1.165) is 0 Å². The van der Waals surface area contributed by atoms with Crippen LogP contribution >= 0.6 is 0 Å². The Morgan fingerprint density at radius 1 is 1.00 bits per heavy atom. The second kappa shape index (κ2) is 5.65. The van der Waals surface area contributed by atoms with Gasteiger partial charge in [-0.1, -0.05) is 0 Å². The zero-order valence-corrected chi connectivity index (χ0v) is 12.8. The molecule has 0 heterocycles. The number of sulfonamides is 1. The molecular formula is C15H15NO4S. The molecule has 21 heavy (non-hydrogen) atoms. The van der Waals surface area contributed by atoms with Crippen molar-refractivity contribution in [3.63, 3.8) is 0 Å². The molecule has 0 aromatic heterocycles. The van der Waals surface area contributed by atoms with Crippen molar-refractivity contribution in [2.24, 2.45) is 4.40 Å². The molecule has 0 saturated carbocycles. The normalized spacial score (nSPS) is 17.5. The summed E-state index contributed by atoms with van der Waals surface area (Å²) >= 11 is 0. The fourth-order valence-electron chi connectivity index (χ4n) is 1.80. The van der Waals surface area contributed by atoms with E-state index in [1.165, 1.54) is 31.4 Å². The van der Waals surface area contributed by atoms with Gasteiger partial charge in [0.15, 0.2) is 5.78 Å². The van der Waals surface area contributed by atoms with Gasteiger partial charge in [-0.15, -0.1) is 0 Å². The molecule has 0 spiro atoms. The summed E-state index contributed by atoms with van der Waals surface area (Å²) in [4.78, 5) is 11.6. The Bertz CT molecular complexity index is 768. The lowest BCUT2D eigenvalue weighted by Gasteiger charge is -2.09. The Morgan fingerprint density at radius 3 is 2.19 bits per heavy atom. The third-order valence-corrected chi connectivity index (χ3v) is 4.37. The van der Waals surface area contributed by atoms with Crippen LogP contribution in [0.25, 0.3) is 0 Å². The molecule has 2 rings (SSSR count). The third-order valence-electron chi connectivity index (χ3n) is 3.07. The second-order valence-electron chi connectivity index (χ2n) is 4.65. The highest BCUT2D eigenvalue weighted by atomic mass is 32.2. The number of carbonyl (C=O) groups is 1. The van der Waals surface area contributed by atoms with Crippen LogP contribution in [-0.2, 0) is 14.8 Å². The standard InChI is InChI=1S/C15H15NO4S/c1-10-9-15(17)11(2)8-14(10)16-21(18,19)13-6-4-12(20-3)5-7-13/h4-9H,1-3H3. The van der Waals surface area contributed by atoms with Gasteiger partial charge in [-0.2, -0.15) is 12.8 Å². The number of rotatable bonds is 3.